The van der Waals surface area contributed by atoms with Gasteiger partial charge < -0.3 is 15.0 Å². The minimum atomic E-state index is -0.550. The zero-order valence-corrected chi connectivity index (χ0v) is 20.4. The van der Waals surface area contributed by atoms with Gasteiger partial charge in [0.1, 0.15) is 11.8 Å². The van der Waals surface area contributed by atoms with Crippen molar-refractivity contribution in [1.29, 1.82) is 0 Å². The molecular formula is C27H38N2O3. The van der Waals surface area contributed by atoms with Crippen LogP contribution in [0.5, 0.6) is 5.75 Å². The van der Waals surface area contributed by atoms with Gasteiger partial charge in [0.15, 0.2) is 6.61 Å². The molecule has 0 aliphatic rings. The van der Waals surface area contributed by atoms with Crippen LogP contribution in [0.3, 0.4) is 0 Å². The molecular weight excluding hydrogens is 400 g/mol. The summed E-state index contributed by atoms with van der Waals surface area (Å²) in [5, 5.41) is 2.99. The van der Waals surface area contributed by atoms with Crippen molar-refractivity contribution < 1.29 is 14.3 Å². The van der Waals surface area contributed by atoms with Gasteiger partial charge in [0.25, 0.3) is 5.91 Å². The molecule has 0 radical (unpaired) electrons. The first-order valence-electron chi connectivity index (χ1n) is 11.6. The molecule has 0 saturated carbocycles. The number of amides is 2. The lowest BCUT2D eigenvalue weighted by molar-refractivity contribution is -0.143. The Morgan fingerprint density at radius 3 is 2.38 bits per heavy atom. The summed E-state index contributed by atoms with van der Waals surface area (Å²) in [6.45, 7) is 13.1. The minimum absolute atomic E-state index is 0.108. The summed E-state index contributed by atoms with van der Waals surface area (Å²) in [5.41, 5.74) is 3.18. The molecule has 0 spiro atoms. The largest absolute Gasteiger partial charge is 0.483 e. The summed E-state index contributed by atoms with van der Waals surface area (Å²) in [6, 6.07) is 15.3. The molecule has 0 unspecified atom stereocenters. The predicted octanol–water partition coefficient (Wildman–Crippen LogP) is 5.08. The van der Waals surface area contributed by atoms with Crippen molar-refractivity contribution in [2.75, 3.05) is 13.2 Å². The van der Waals surface area contributed by atoms with E-state index in [0.717, 1.165) is 16.7 Å². The average Bonchev–Trinajstić information content (AvgIpc) is 2.76. The second-order valence-electron chi connectivity index (χ2n) is 9.05. The Morgan fingerprint density at radius 1 is 1.03 bits per heavy atom. The van der Waals surface area contributed by atoms with Crippen LogP contribution in [-0.4, -0.2) is 35.9 Å². The fraction of sp³-hybridized carbons (Fsp3) is 0.481. The van der Waals surface area contributed by atoms with Crippen molar-refractivity contribution in [3.63, 3.8) is 0 Å². The van der Waals surface area contributed by atoms with Gasteiger partial charge in [-0.2, -0.15) is 0 Å². The fourth-order valence-electron chi connectivity index (χ4n) is 3.66. The molecule has 174 valence electrons. The maximum absolute atomic E-state index is 13.4. The van der Waals surface area contributed by atoms with Crippen molar-refractivity contribution >= 4 is 11.8 Å². The van der Waals surface area contributed by atoms with Crippen LogP contribution in [0.15, 0.2) is 48.5 Å². The number of hydrogen-bond acceptors (Lipinski definition) is 3. The molecule has 0 heterocycles. The number of aryl methyl sites for hydroxylation is 1. The van der Waals surface area contributed by atoms with E-state index in [1.165, 1.54) is 0 Å². The first-order valence-corrected chi connectivity index (χ1v) is 11.6. The van der Waals surface area contributed by atoms with E-state index in [4.69, 9.17) is 4.74 Å². The predicted molar refractivity (Wildman–Crippen MR) is 130 cm³/mol. The second kappa shape index (κ2) is 12.3. The molecule has 0 aromatic heterocycles. The summed E-state index contributed by atoms with van der Waals surface area (Å²) < 4.78 is 5.95. The van der Waals surface area contributed by atoms with E-state index in [1.807, 2.05) is 62.4 Å². The third-order valence-corrected chi connectivity index (χ3v) is 5.40. The number of para-hydroxylation sites is 1. The van der Waals surface area contributed by atoms with Crippen LogP contribution >= 0.6 is 0 Å². The van der Waals surface area contributed by atoms with Gasteiger partial charge >= 0.3 is 0 Å². The van der Waals surface area contributed by atoms with Crippen LogP contribution in [0, 0.1) is 12.8 Å². The molecule has 2 rings (SSSR count). The zero-order valence-electron chi connectivity index (χ0n) is 20.4. The topological polar surface area (TPSA) is 58.6 Å². The number of ether oxygens (including phenoxy) is 1. The van der Waals surface area contributed by atoms with Gasteiger partial charge in [-0.1, -0.05) is 82.6 Å². The van der Waals surface area contributed by atoms with Gasteiger partial charge in [-0.25, -0.2) is 0 Å². The number of carbonyl (C=O) groups excluding carboxylic acids is 2. The van der Waals surface area contributed by atoms with Gasteiger partial charge in [-0.05, 0) is 42.4 Å². The zero-order chi connectivity index (χ0) is 23.7. The Labute approximate surface area is 193 Å². The third kappa shape index (κ3) is 7.40. The fourth-order valence-corrected chi connectivity index (χ4v) is 3.66. The molecule has 0 aliphatic carbocycles. The van der Waals surface area contributed by atoms with Crippen molar-refractivity contribution in [3.05, 3.63) is 65.2 Å². The molecule has 0 bridgehead atoms. The maximum Gasteiger partial charge on any atom is 0.261 e. The van der Waals surface area contributed by atoms with E-state index in [9.17, 15) is 9.59 Å². The number of rotatable bonds is 11. The van der Waals surface area contributed by atoms with Crippen molar-refractivity contribution in [3.8, 4) is 5.75 Å². The third-order valence-electron chi connectivity index (χ3n) is 5.40. The van der Waals surface area contributed by atoms with Gasteiger partial charge in [0.05, 0.1) is 0 Å². The number of hydrogen-bond donors (Lipinski definition) is 1. The highest BCUT2D eigenvalue weighted by Gasteiger charge is 2.29. The van der Waals surface area contributed by atoms with Crippen molar-refractivity contribution in [2.24, 2.45) is 5.92 Å². The quantitative estimate of drug-likeness (QED) is 0.532. The molecule has 2 amide bonds. The number of benzene rings is 2. The first kappa shape index (κ1) is 25.4. The standard InChI is InChI=1S/C27H38N2O3/c1-7-24(27(31)28-16-19(2)3)29(17-22-12-10-11-21(6)15-22)26(30)18-32-25-14-9-8-13-23(25)20(4)5/h8-15,19-20,24H,7,16-18H2,1-6H3,(H,28,31)/t24-/m0/s1. The Hall–Kier alpha value is -2.82. The van der Waals surface area contributed by atoms with Crippen LogP contribution < -0.4 is 10.1 Å². The Balaban J connectivity index is 2.24. The lowest BCUT2D eigenvalue weighted by Crippen LogP contribution is -2.50. The van der Waals surface area contributed by atoms with Gasteiger partial charge in [0, 0.05) is 13.1 Å². The highest BCUT2D eigenvalue weighted by atomic mass is 16.5. The van der Waals surface area contributed by atoms with Crippen LogP contribution in [0.2, 0.25) is 0 Å². The summed E-state index contributed by atoms with van der Waals surface area (Å²) in [5.74, 6) is 1.02. The average molecular weight is 439 g/mol. The van der Waals surface area contributed by atoms with E-state index >= 15 is 0 Å². The number of nitrogens with zero attached hydrogens (tertiary/aromatic N) is 1. The van der Waals surface area contributed by atoms with Crippen LogP contribution in [-0.2, 0) is 16.1 Å². The number of nitrogens with one attached hydrogen (secondary N) is 1. The smallest absolute Gasteiger partial charge is 0.261 e. The maximum atomic E-state index is 13.4. The molecule has 2 aromatic carbocycles. The highest BCUT2D eigenvalue weighted by molar-refractivity contribution is 5.88. The monoisotopic (exact) mass is 438 g/mol. The van der Waals surface area contributed by atoms with E-state index in [1.54, 1.807) is 4.90 Å². The van der Waals surface area contributed by atoms with Crippen LogP contribution in [0.4, 0.5) is 0 Å². The molecule has 5 heteroatoms. The Kier molecular flexibility index (Phi) is 9.76. The molecule has 0 saturated heterocycles. The van der Waals surface area contributed by atoms with E-state index in [2.05, 4.69) is 33.0 Å². The van der Waals surface area contributed by atoms with Crippen molar-refractivity contribution in [1.82, 2.24) is 10.2 Å². The van der Waals surface area contributed by atoms with Gasteiger partial charge in [0.2, 0.25) is 5.91 Å². The lowest BCUT2D eigenvalue weighted by atomic mass is 10.0. The molecule has 1 N–H and O–H groups in total. The summed E-state index contributed by atoms with van der Waals surface area (Å²) >= 11 is 0. The normalized spacial score (nSPS) is 12.0. The molecule has 32 heavy (non-hydrogen) atoms. The Bertz CT molecular complexity index is 892. The van der Waals surface area contributed by atoms with Crippen LogP contribution in [0.25, 0.3) is 0 Å². The van der Waals surface area contributed by atoms with Gasteiger partial charge in [-0.3, -0.25) is 9.59 Å². The Morgan fingerprint density at radius 2 is 1.75 bits per heavy atom. The number of carbonyl (C=O) groups is 2. The molecule has 1 atom stereocenters. The van der Waals surface area contributed by atoms with E-state index < -0.39 is 6.04 Å². The van der Waals surface area contributed by atoms with Crippen LogP contribution in [0.1, 0.15) is 63.6 Å². The summed E-state index contributed by atoms with van der Waals surface area (Å²) in [4.78, 5) is 28.0. The van der Waals surface area contributed by atoms with Gasteiger partial charge in [-0.15, -0.1) is 0 Å². The van der Waals surface area contributed by atoms with E-state index in [0.29, 0.717) is 31.2 Å². The SMILES string of the molecule is CC[C@@H](C(=O)NCC(C)C)N(Cc1cccc(C)c1)C(=O)COc1ccccc1C(C)C. The first-order chi connectivity index (χ1) is 15.2. The molecule has 0 aliphatic heterocycles. The molecule has 5 nitrogen and oxygen atoms in total. The minimum Gasteiger partial charge on any atom is -0.483 e. The van der Waals surface area contributed by atoms with E-state index in [-0.39, 0.29) is 24.3 Å². The second-order valence-corrected chi connectivity index (χ2v) is 9.05. The summed E-state index contributed by atoms with van der Waals surface area (Å²) in [6.07, 6.45) is 0.532. The molecule has 0 fully saturated rings. The highest BCUT2D eigenvalue weighted by Crippen LogP contribution is 2.26. The molecule has 2 aromatic rings. The summed E-state index contributed by atoms with van der Waals surface area (Å²) in [7, 11) is 0. The lowest BCUT2D eigenvalue weighted by Gasteiger charge is -2.31. The van der Waals surface area contributed by atoms with Crippen molar-refractivity contribution in [2.45, 2.75) is 66.5 Å².